The van der Waals surface area contributed by atoms with Gasteiger partial charge in [0, 0.05) is 31.7 Å². The van der Waals surface area contributed by atoms with E-state index in [0.717, 1.165) is 32.5 Å². The van der Waals surface area contributed by atoms with Crippen molar-refractivity contribution in [1.82, 2.24) is 10.2 Å². The van der Waals surface area contributed by atoms with Crippen molar-refractivity contribution in [2.45, 2.75) is 64.0 Å². The molecule has 3 rings (SSSR count). The van der Waals surface area contributed by atoms with E-state index in [9.17, 15) is 4.79 Å². The van der Waals surface area contributed by atoms with Gasteiger partial charge in [-0.25, -0.2) is 0 Å². The predicted octanol–water partition coefficient (Wildman–Crippen LogP) is 2.18. The molecule has 1 N–H and O–H groups in total. The molecule has 1 heterocycles. The zero-order valence-electron chi connectivity index (χ0n) is 13.6. The zero-order chi connectivity index (χ0) is 14.9. The maximum Gasteiger partial charge on any atom is 0.227 e. The van der Waals surface area contributed by atoms with Crippen LogP contribution < -0.4 is 5.32 Å². The standard InChI is InChI=1S/C17H30N2O2/c1-3-21-15-11-14(17(15)8-5-4-6-9-17)19(2)16(20)13-7-10-18-12-13/h13-15,18H,3-12H2,1-2H3. The number of nitrogens with zero attached hydrogens (tertiary/aromatic N) is 1. The topological polar surface area (TPSA) is 41.6 Å². The third-order valence-corrected chi connectivity index (χ3v) is 6.12. The van der Waals surface area contributed by atoms with E-state index in [-0.39, 0.29) is 11.3 Å². The molecule has 0 radical (unpaired) electrons. The molecule has 120 valence electrons. The van der Waals surface area contributed by atoms with Crippen LogP contribution in [0.5, 0.6) is 0 Å². The van der Waals surface area contributed by atoms with Crippen molar-refractivity contribution < 1.29 is 9.53 Å². The van der Waals surface area contributed by atoms with Gasteiger partial charge in [0.1, 0.15) is 0 Å². The molecule has 1 aliphatic heterocycles. The summed E-state index contributed by atoms with van der Waals surface area (Å²) >= 11 is 0. The average Bonchev–Trinajstić information content (AvgIpc) is 3.05. The first-order valence-corrected chi connectivity index (χ1v) is 8.78. The molecule has 3 aliphatic rings. The van der Waals surface area contributed by atoms with Crippen LogP contribution in [0.1, 0.15) is 51.9 Å². The fourth-order valence-electron chi connectivity index (χ4n) is 4.88. The predicted molar refractivity (Wildman–Crippen MR) is 83.1 cm³/mol. The monoisotopic (exact) mass is 294 g/mol. The van der Waals surface area contributed by atoms with E-state index in [0.29, 0.717) is 18.1 Å². The quantitative estimate of drug-likeness (QED) is 0.864. The van der Waals surface area contributed by atoms with Crippen LogP contribution in [-0.4, -0.2) is 49.7 Å². The molecule has 4 heteroatoms. The Balaban J connectivity index is 1.70. The molecule has 2 saturated carbocycles. The lowest BCUT2D eigenvalue weighted by Gasteiger charge is -2.60. The van der Waals surface area contributed by atoms with Gasteiger partial charge < -0.3 is 15.0 Å². The van der Waals surface area contributed by atoms with Crippen molar-refractivity contribution in [3.63, 3.8) is 0 Å². The summed E-state index contributed by atoms with van der Waals surface area (Å²) in [5.41, 5.74) is 0.255. The summed E-state index contributed by atoms with van der Waals surface area (Å²) in [4.78, 5) is 14.8. The Hall–Kier alpha value is -0.610. The zero-order valence-corrected chi connectivity index (χ0v) is 13.6. The van der Waals surface area contributed by atoms with E-state index in [1.807, 2.05) is 7.05 Å². The van der Waals surface area contributed by atoms with Gasteiger partial charge in [-0.2, -0.15) is 0 Å². The molecule has 3 fully saturated rings. The van der Waals surface area contributed by atoms with Crippen molar-refractivity contribution in [3.8, 4) is 0 Å². The smallest absolute Gasteiger partial charge is 0.227 e. The van der Waals surface area contributed by atoms with Crippen molar-refractivity contribution in [3.05, 3.63) is 0 Å². The van der Waals surface area contributed by atoms with Gasteiger partial charge in [-0.15, -0.1) is 0 Å². The third kappa shape index (κ3) is 2.61. The van der Waals surface area contributed by atoms with Crippen LogP contribution >= 0.6 is 0 Å². The number of carbonyl (C=O) groups is 1. The van der Waals surface area contributed by atoms with E-state index in [1.165, 1.54) is 32.1 Å². The lowest BCUT2D eigenvalue weighted by Crippen LogP contribution is -2.66. The largest absolute Gasteiger partial charge is 0.378 e. The van der Waals surface area contributed by atoms with Gasteiger partial charge in [0.15, 0.2) is 0 Å². The highest BCUT2D eigenvalue weighted by Gasteiger charge is 2.58. The Bertz CT molecular complexity index is 373. The number of amides is 1. The minimum absolute atomic E-state index is 0.196. The van der Waals surface area contributed by atoms with E-state index in [4.69, 9.17) is 4.74 Å². The molecule has 2 aliphatic carbocycles. The van der Waals surface area contributed by atoms with E-state index in [2.05, 4.69) is 17.1 Å². The first-order chi connectivity index (χ1) is 10.2. The Kier molecular flexibility index (Phi) is 4.55. The van der Waals surface area contributed by atoms with Crippen molar-refractivity contribution in [1.29, 1.82) is 0 Å². The number of hydrogen-bond donors (Lipinski definition) is 1. The van der Waals surface area contributed by atoms with Crippen molar-refractivity contribution in [2.24, 2.45) is 11.3 Å². The van der Waals surface area contributed by atoms with Gasteiger partial charge in [-0.05, 0) is 39.2 Å². The second-order valence-electron chi connectivity index (χ2n) is 7.13. The molecule has 4 nitrogen and oxygen atoms in total. The first kappa shape index (κ1) is 15.3. The summed E-state index contributed by atoms with van der Waals surface area (Å²) in [5.74, 6) is 0.548. The highest BCUT2D eigenvalue weighted by molar-refractivity contribution is 5.79. The summed E-state index contributed by atoms with van der Waals surface area (Å²) < 4.78 is 6.01. The normalized spacial score (nSPS) is 34.7. The summed E-state index contributed by atoms with van der Waals surface area (Å²) in [6, 6.07) is 0.405. The van der Waals surface area contributed by atoms with Gasteiger partial charge in [0.25, 0.3) is 0 Å². The number of carbonyl (C=O) groups excluding carboxylic acids is 1. The Morgan fingerprint density at radius 3 is 2.71 bits per heavy atom. The van der Waals surface area contributed by atoms with Crippen LogP contribution in [0, 0.1) is 11.3 Å². The molecule has 0 aromatic carbocycles. The summed E-state index contributed by atoms with van der Waals surface area (Å²) in [5, 5.41) is 3.31. The van der Waals surface area contributed by atoms with Crippen molar-refractivity contribution >= 4 is 5.91 Å². The summed E-state index contributed by atoms with van der Waals surface area (Å²) in [6.45, 7) is 4.73. The van der Waals surface area contributed by atoms with Crippen LogP contribution in [0.15, 0.2) is 0 Å². The van der Waals surface area contributed by atoms with E-state index in [1.54, 1.807) is 0 Å². The van der Waals surface area contributed by atoms with Crippen LogP contribution in [0.2, 0.25) is 0 Å². The first-order valence-electron chi connectivity index (χ1n) is 8.78. The minimum Gasteiger partial charge on any atom is -0.378 e. The molecule has 0 aromatic rings. The van der Waals surface area contributed by atoms with Crippen LogP contribution in [0.4, 0.5) is 0 Å². The number of rotatable bonds is 4. The molecule has 0 bridgehead atoms. The Morgan fingerprint density at radius 2 is 2.10 bits per heavy atom. The second-order valence-corrected chi connectivity index (χ2v) is 7.13. The molecule has 3 unspecified atom stereocenters. The van der Waals surface area contributed by atoms with Crippen LogP contribution in [0.3, 0.4) is 0 Å². The lowest BCUT2D eigenvalue weighted by atomic mass is 9.54. The lowest BCUT2D eigenvalue weighted by molar-refractivity contribution is -0.186. The third-order valence-electron chi connectivity index (χ3n) is 6.12. The van der Waals surface area contributed by atoms with E-state index >= 15 is 0 Å². The average molecular weight is 294 g/mol. The van der Waals surface area contributed by atoms with Crippen LogP contribution in [0.25, 0.3) is 0 Å². The summed E-state index contributed by atoms with van der Waals surface area (Å²) in [6.07, 6.45) is 8.84. The van der Waals surface area contributed by atoms with Gasteiger partial charge in [-0.1, -0.05) is 19.3 Å². The van der Waals surface area contributed by atoms with Gasteiger partial charge in [0.2, 0.25) is 5.91 Å². The minimum atomic E-state index is 0.196. The second kappa shape index (κ2) is 6.25. The molecule has 1 spiro atoms. The molecule has 1 saturated heterocycles. The SMILES string of the molecule is CCOC1CC(N(C)C(=O)C2CCNC2)C12CCCCC2. The van der Waals surface area contributed by atoms with Crippen molar-refractivity contribution in [2.75, 3.05) is 26.7 Å². The van der Waals surface area contributed by atoms with Gasteiger partial charge in [0.05, 0.1) is 12.0 Å². The molecule has 21 heavy (non-hydrogen) atoms. The Morgan fingerprint density at radius 1 is 1.33 bits per heavy atom. The van der Waals surface area contributed by atoms with E-state index < -0.39 is 0 Å². The number of hydrogen-bond acceptors (Lipinski definition) is 3. The molecule has 3 atom stereocenters. The maximum atomic E-state index is 12.7. The fraction of sp³-hybridized carbons (Fsp3) is 0.941. The summed E-state index contributed by atoms with van der Waals surface area (Å²) in [7, 11) is 2.03. The fourth-order valence-corrected chi connectivity index (χ4v) is 4.88. The maximum absolute atomic E-state index is 12.7. The Labute approximate surface area is 128 Å². The van der Waals surface area contributed by atoms with Crippen LogP contribution in [-0.2, 0) is 9.53 Å². The molecular formula is C17H30N2O2. The highest BCUT2D eigenvalue weighted by Crippen LogP contribution is 2.55. The molecule has 0 aromatic heterocycles. The van der Waals surface area contributed by atoms with Gasteiger partial charge >= 0.3 is 0 Å². The highest BCUT2D eigenvalue weighted by atomic mass is 16.5. The number of nitrogens with one attached hydrogen (secondary N) is 1. The van der Waals surface area contributed by atoms with Gasteiger partial charge in [-0.3, -0.25) is 4.79 Å². The number of ether oxygens (including phenoxy) is 1. The molecular weight excluding hydrogens is 264 g/mol. The molecule has 1 amide bonds.